The van der Waals surface area contributed by atoms with Crippen LogP contribution < -0.4 is 0 Å². The normalized spacial score (nSPS) is 10.9. The zero-order valence-corrected chi connectivity index (χ0v) is 11.7. The van der Waals surface area contributed by atoms with Crippen LogP contribution in [0.5, 0.6) is 0 Å². The fourth-order valence-electron chi connectivity index (χ4n) is 2.24. The largest absolute Gasteiger partial charge is 0.313 e. The lowest BCUT2D eigenvalue weighted by molar-refractivity contribution is 1.05. The third-order valence-electron chi connectivity index (χ3n) is 3.05. The van der Waals surface area contributed by atoms with Gasteiger partial charge in [-0.05, 0) is 47.7 Å². The second kappa shape index (κ2) is 4.18. The summed E-state index contributed by atoms with van der Waals surface area (Å²) >= 11 is 2.43. The molecular weight excluding hydrogens is 321 g/mol. The number of hydrogen-bond acceptors (Lipinski definition) is 0. The molecule has 0 aliphatic carbocycles. The molecule has 0 spiro atoms. The fraction of sp³-hybridized carbons (Fsp3) is 0.0667. The summed E-state index contributed by atoms with van der Waals surface area (Å²) in [6.07, 6.45) is 0. The third kappa shape index (κ3) is 1.67. The van der Waals surface area contributed by atoms with E-state index < -0.39 is 0 Å². The van der Waals surface area contributed by atoms with Crippen LogP contribution in [0.25, 0.3) is 16.6 Å². The van der Waals surface area contributed by atoms with Gasteiger partial charge in [0.05, 0.1) is 5.52 Å². The molecule has 2 aromatic carbocycles. The Balaban J connectivity index is 2.41. The van der Waals surface area contributed by atoms with Crippen LogP contribution in [0.4, 0.5) is 0 Å². The molecule has 0 fully saturated rings. The summed E-state index contributed by atoms with van der Waals surface area (Å²) in [5.74, 6) is 0. The maximum Gasteiger partial charge on any atom is 0.0542 e. The number of rotatable bonds is 1. The van der Waals surface area contributed by atoms with Gasteiger partial charge >= 0.3 is 0 Å². The molecule has 0 amide bonds. The number of hydrogen-bond donors (Lipinski definition) is 0. The number of halogens is 1. The van der Waals surface area contributed by atoms with Gasteiger partial charge in [-0.3, -0.25) is 0 Å². The Hall–Kier alpha value is -1.29. The molecule has 3 aromatic rings. The summed E-state index contributed by atoms with van der Waals surface area (Å²) in [6.45, 7) is 2.18. The first kappa shape index (κ1) is 10.8. The molecule has 1 aromatic heterocycles. The van der Waals surface area contributed by atoms with E-state index in [1.807, 2.05) is 0 Å². The first-order chi connectivity index (χ1) is 8.29. The van der Waals surface area contributed by atoms with Crippen LogP contribution in [-0.2, 0) is 0 Å². The lowest BCUT2D eigenvalue weighted by Crippen LogP contribution is -1.95. The van der Waals surface area contributed by atoms with Crippen LogP contribution in [-0.4, -0.2) is 4.57 Å². The summed E-state index contributed by atoms with van der Waals surface area (Å²) in [6, 6.07) is 19.1. The van der Waals surface area contributed by atoms with E-state index in [4.69, 9.17) is 0 Å². The van der Waals surface area contributed by atoms with Gasteiger partial charge in [0, 0.05) is 20.3 Å². The molecule has 1 heterocycles. The van der Waals surface area contributed by atoms with Crippen molar-refractivity contribution in [1.29, 1.82) is 0 Å². The highest BCUT2D eigenvalue weighted by atomic mass is 127. The number of aromatic nitrogens is 1. The summed E-state index contributed by atoms with van der Waals surface area (Å²) < 4.78 is 3.65. The lowest BCUT2D eigenvalue weighted by atomic mass is 10.2. The molecule has 17 heavy (non-hydrogen) atoms. The highest BCUT2D eigenvalue weighted by molar-refractivity contribution is 14.1. The standard InChI is InChI=1S/C15H12IN/c1-11-15(16)13-9-5-6-10-14(13)17(11)12-7-3-2-4-8-12/h2-10H,1H3. The van der Waals surface area contributed by atoms with E-state index in [0.29, 0.717) is 0 Å². The van der Waals surface area contributed by atoms with Gasteiger partial charge in [0.15, 0.2) is 0 Å². The summed E-state index contributed by atoms with van der Waals surface area (Å²) in [7, 11) is 0. The van der Waals surface area contributed by atoms with E-state index >= 15 is 0 Å². The van der Waals surface area contributed by atoms with Crippen molar-refractivity contribution in [3.63, 3.8) is 0 Å². The van der Waals surface area contributed by atoms with Gasteiger partial charge in [-0.1, -0.05) is 36.4 Å². The van der Waals surface area contributed by atoms with Crippen molar-refractivity contribution in [2.75, 3.05) is 0 Å². The minimum Gasteiger partial charge on any atom is -0.313 e. The number of fused-ring (bicyclic) bond motifs is 1. The van der Waals surface area contributed by atoms with Crippen molar-refractivity contribution in [2.24, 2.45) is 0 Å². The van der Waals surface area contributed by atoms with Gasteiger partial charge < -0.3 is 4.57 Å². The predicted molar refractivity (Wildman–Crippen MR) is 80.7 cm³/mol. The monoisotopic (exact) mass is 333 g/mol. The van der Waals surface area contributed by atoms with Gasteiger partial charge in [0.2, 0.25) is 0 Å². The Morgan fingerprint density at radius 1 is 0.882 bits per heavy atom. The minimum atomic E-state index is 1.23. The SMILES string of the molecule is Cc1c(I)c2ccccc2n1-c1ccccc1. The highest BCUT2D eigenvalue weighted by Crippen LogP contribution is 2.29. The van der Waals surface area contributed by atoms with Gasteiger partial charge in [-0.2, -0.15) is 0 Å². The Labute approximate surface area is 114 Å². The molecule has 0 unspecified atom stereocenters. The van der Waals surface area contributed by atoms with Crippen molar-refractivity contribution in [2.45, 2.75) is 6.92 Å². The zero-order valence-electron chi connectivity index (χ0n) is 9.52. The van der Waals surface area contributed by atoms with Crippen molar-refractivity contribution in [1.82, 2.24) is 4.57 Å². The molecule has 0 aliphatic heterocycles. The third-order valence-corrected chi connectivity index (χ3v) is 4.41. The summed E-state index contributed by atoms with van der Waals surface area (Å²) in [5.41, 5.74) is 3.81. The van der Waals surface area contributed by atoms with Crippen molar-refractivity contribution < 1.29 is 0 Å². The average Bonchev–Trinajstić information content (AvgIpc) is 2.64. The van der Waals surface area contributed by atoms with E-state index in [0.717, 1.165) is 0 Å². The molecule has 0 saturated carbocycles. The molecule has 84 valence electrons. The van der Waals surface area contributed by atoms with Gasteiger partial charge in [0.1, 0.15) is 0 Å². The smallest absolute Gasteiger partial charge is 0.0542 e. The topological polar surface area (TPSA) is 4.93 Å². The van der Waals surface area contributed by atoms with Crippen LogP contribution in [0.2, 0.25) is 0 Å². The lowest BCUT2D eigenvalue weighted by Gasteiger charge is -2.07. The molecule has 0 atom stereocenters. The number of para-hydroxylation sites is 2. The molecular formula is C15H12IN. The van der Waals surface area contributed by atoms with Crippen molar-refractivity contribution in [3.8, 4) is 5.69 Å². The van der Waals surface area contributed by atoms with Gasteiger partial charge in [-0.15, -0.1) is 0 Å². The first-order valence-corrected chi connectivity index (χ1v) is 6.68. The van der Waals surface area contributed by atoms with Crippen LogP contribution in [0.3, 0.4) is 0 Å². The Morgan fingerprint density at radius 3 is 2.29 bits per heavy atom. The average molecular weight is 333 g/mol. The molecule has 0 aliphatic rings. The maximum absolute atomic E-state index is 2.43. The minimum absolute atomic E-state index is 1.23. The Bertz CT molecular complexity index is 668. The van der Waals surface area contributed by atoms with E-state index in [1.165, 1.54) is 25.9 Å². The predicted octanol–water partition coefficient (Wildman–Crippen LogP) is 4.54. The van der Waals surface area contributed by atoms with E-state index in [-0.39, 0.29) is 0 Å². The quantitative estimate of drug-likeness (QED) is 0.576. The number of nitrogens with zero attached hydrogens (tertiary/aromatic N) is 1. The second-order valence-electron chi connectivity index (χ2n) is 4.09. The molecule has 0 radical (unpaired) electrons. The van der Waals surface area contributed by atoms with Gasteiger partial charge in [-0.25, -0.2) is 0 Å². The first-order valence-electron chi connectivity index (χ1n) is 5.60. The molecule has 2 heteroatoms. The van der Waals surface area contributed by atoms with Crippen LogP contribution in [0.1, 0.15) is 5.69 Å². The van der Waals surface area contributed by atoms with Gasteiger partial charge in [0.25, 0.3) is 0 Å². The van der Waals surface area contributed by atoms with E-state index in [2.05, 4.69) is 88.7 Å². The Morgan fingerprint density at radius 2 is 1.53 bits per heavy atom. The summed E-state index contributed by atoms with van der Waals surface area (Å²) in [4.78, 5) is 0. The maximum atomic E-state index is 2.43. The van der Waals surface area contributed by atoms with E-state index in [9.17, 15) is 0 Å². The number of benzene rings is 2. The summed E-state index contributed by atoms with van der Waals surface area (Å²) in [5, 5.41) is 1.33. The zero-order chi connectivity index (χ0) is 11.8. The molecule has 3 rings (SSSR count). The van der Waals surface area contributed by atoms with E-state index in [1.54, 1.807) is 0 Å². The molecule has 0 N–H and O–H groups in total. The van der Waals surface area contributed by atoms with Crippen molar-refractivity contribution >= 4 is 33.5 Å². The molecule has 0 bridgehead atoms. The molecule has 1 nitrogen and oxygen atoms in total. The Kier molecular flexibility index (Phi) is 2.67. The van der Waals surface area contributed by atoms with Crippen LogP contribution in [0, 0.1) is 10.5 Å². The second-order valence-corrected chi connectivity index (χ2v) is 5.17. The highest BCUT2D eigenvalue weighted by Gasteiger charge is 2.11. The van der Waals surface area contributed by atoms with Crippen LogP contribution >= 0.6 is 22.6 Å². The molecule has 0 saturated heterocycles. The van der Waals surface area contributed by atoms with Crippen LogP contribution in [0.15, 0.2) is 54.6 Å². The van der Waals surface area contributed by atoms with Crippen molar-refractivity contribution in [3.05, 3.63) is 63.9 Å². The fourth-order valence-corrected chi connectivity index (χ4v) is 2.94.